The number of aliphatic hydroxyl groups is 1. The highest BCUT2D eigenvalue weighted by atomic mass is 19.1. The number of nitrogens with zero attached hydrogens (tertiary/aromatic N) is 1. The van der Waals surface area contributed by atoms with Gasteiger partial charge in [0.1, 0.15) is 11.3 Å². The van der Waals surface area contributed by atoms with Crippen molar-refractivity contribution in [3.63, 3.8) is 0 Å². The molecule has 0 aliphatic carbocycles. The summed E-state index contributed by atoms with van der Waals surface area (Å²) in [6.07, 6.45) is 0. The first-order valence-corrected chi connectivity index (χ1v) is 6.27. The van der Waals surface area contributed by atoms with Gasteiger partial charge in [0.2, 0.25) is 5.89 Å². The van der Waals surface area contributed by atoms with Gasteiger partial charge < -0.3 is 14.8 Å². The Morgan fingerprint density at radius 3 is 2.70 bits per heavy atom. The maximum Gasteiger partial charge on any atom is 0.227 e. The normalized spacial score (nSPS) is 10.9. The standard InChI is InChI=1S/C15H13FN2O2/c16-11-3-6-13-14(9-11)20-15(18-13)10-1-4-12(5-2-10)17-7-8-19/h1-6,9,17,19H,7-8H2. The summed E-state index contributed by atoms with van der Waals surface area (Å²) in [5.74, 6) is 0.114. The number of benzene rings is 2. The van der Waals surface area contributed by atoms with E-state index < -0.39 is 0 Å². The zero-order valence-electron chi connectivity index (χ0n) is 10.6. The van der Waals surface area contributed by atoms with Gasteiger partial charge in [-0.2, -0.15) is 0 Å². The summed E-state index contributed by atoms with van der Waals surface area (Å²) in [5, 5.41) is 11.8. The van der Waals surface area contributed by atoms with Crippen molar-refractivity contribution < 1.29 is 13.9 Å². The Morgan fingerprint density at radius 2 is 1.95 bits per heavy atom. The molecule has 0 saturated heterocycles. The number of hydrogen-bond acceptors (Lipinski definition) is 4. The topological polar surface area (TPSA) is 58.3 Å². The predicted octanol–water partition coefficient (Wildman–Crippen LogP) is 3.04. The fraction of sp³-hybridized carbons (Fsp3) is 0.133. The second kappa shape index (κ2) is 5.30. The zero-order chi connectivity index (χ0) is 13.9. The zero-order valence-corrected chi connectivity index (χ0v) is 10.6. The van der Waals surface area contributed by atoms with E-state index >= 15 is 0 Å². The van der Waals surface area contributed by atoms with Crippen molar-refractivity contribution in [3.05, 3.63) is 48.3 Å². The van der Waals surface area contributed by atoms with Crippen LogP contribution in [0.2, 0.25) is 0 Å². The van der Waals surface area contributed by atoms with Gasteiger partial charge in [-0.25, -0.2) is 9.37 Å². The average molecular weight is 272 g/mol. The number of nitrogens with one attached hydrogen (secondary N) is 1. The van der Waals surface area contributed by atoms with Crippen molar-refractivity contribution >= 4 is 16.8 Å². The van der Waals surface area contributed by atoms with Crippen LogP contribution in [0.3, 0.4) is 0 Å². The van der Waals surface area contributed by atoms with Gasteiger partial charge >= 0.3 is 0 Å². The largest absolute Gasteiger partial charge is 0.436 e. The smallest absolute Gasteiger partial charge is 0.227 e. The molecule has 2 aromatic carbocycles. The van der Waals surface area contributed by atoms with Crippen LogP contribution in [0, 0.1) is 5.82 Å². The first-order valence-electron chi connectivity index (χ1n) is 6.27. The SMILES string of the molecule is OCCNc1ccc(-c2nc3ccc(F)cc3o2)cc1. The van der Waals surface area contributed by atoms with E-state index in [9.17, 15) is 4.39 Å². The Kier molecular flexibility index (Phi) is 3.35. The Morgan fingerprint density at radius 1 is 1.15 bits per heavy atom. The molecule has 0 aliphatic rings. The summed E-state index contributed by atoms with van der Waals surface area (Å²) < 4.78 is 18.6. The number of hydrogen-bond donors (Lipinski definition) is 2. The van der Waals surface area contributed by atoms with Gasteiger partial charge in [0.15, 0.2) is 5.58 Å². The molecule has 0 amide bonds. The Bertz CT molecular complexity index is 722. The first kappa shape index (κ1) is 12.6. The maximum atomic E-state index is 13.1. The summed E-state index contributed by atoms with van der Waals surface area (Å²) in [5.41, 5.74) is 2.78. The molecule has 3 aromatic rings. The molecule has 0 atom stereocenters. The van der Waals surface area contributed by atoms with Crippen LogP contribution in [0.5, 0.6) is 0 Å². The minimum absolute atomic E-state index is 0.0818. The average Bonchev–Trinajstić information content (AvgIpc) is 2.88. The second-order valence-corrected chi connectivity index (χ2v) is 4.36. The van der Waals surface area contributed by atoms with Gasteiger partial charge in [-0.3, -0.25) is 0 Å². The molecular formula is C15H13FN2O2. The number of anilines is 1. The molecule has 0 radical (unpaired) electrons. The van der Waals surface area contributed by atoms with Crippen molar-refractivity contribution in [3.8, 4) is 11.5 Å². The number of aliphatic hydroxyl groups excluding tert-OH is 1. The highest BCUT2D eigenvalue weighted by molar-refractivity contribution is 5.76. The third-order valence-corrected chi connectivity index (χ3v) is 2.92. The van der Waals surface area contributed by atoms with Crippen molar-refractivity contribution in [2.24, 2.45) is 0 Å². The molecule has 4 nitrogen and oxygen atoms in total. The molecule has 2 N–H and O–H groups in total. The fourth-order valence-electron chi connectivity index (χ4n) is 1.95. The summed E-state index contributed by atoms with van der Waals surface area (Å²) in [7, 11) is 0. The lowest BCUT2D eigenvalue weighted by Gasteiger charge is -2.04. The predicted molar refractivity (Wildman–Crippen MR) is 75.0 cm³/mol. The number of aromatic nitrogens is 1. The molecule has 0 aliphatic heterocycles. The van der Waals surface area contributed by atoms with Crippen LogP contribution < -0.4 is 5.32 Å². The first-order chi connectivity index (χ1) is 9.76. The van der Waals surface area contributed by atoms with E-state index in [1.807, 2.05) is 24.3 Å². The molecule has 0 saturated carbocycles. The maximum absolute atomic E-state index is 13.1. The molecule has 5 heteroatoms. The van der Waals surface area contributed by atoms with E-state index in [0.29, 0.717) is 23.5 Å². The molecule has 0 bridgehead atoms. The van der Waals surface area contributed by atoms with Crippen molar-refractivity contribution in [2.75, 3.05) is 18.5 Å². The number of rotatable bonds is 4. The van der Waals surface area contributed by atoms with Gasteiger partial charge in [-0.15, -0.1) is 0 Å². The third kappa shape index (κ3) is 2.48. The summed E-state index contributed by atoms with van der Waals surface area (Å²) >= 11 is 0. The van der Waals surface area contributed by atoms with Crippen molar-refractivity contribution in [1.29, 1.82) is 0 Å². The van der Waals surface area contributed by atoms with Crippen LogP contribution in [0.1, 0.15) is 0 Å². The highest BCUT2D eigenvalue weighted by Crippen LogP contribution is 2.25. The lowest BCUT2D eigenvalue weighted by molar-refractivity contribution is 0.311. The molecule has 3 rings (SSSR count). The van der Waals surface area contributed by atoms with Crippen LogP contribution in [-0.2, 0) is 0 Å². The van der Waals surface area contributed by atoms with Gasteiger partial charge in [-0.1, -0.05) is 0 Å². The highest BCUT2D eigenvalue weighted by Gasteiger charge is 2.08. The van der Waals surface area contributed by atoms with E-state index in [-0.39, 0.29) is 12.4 Å². The Balaban J connectivity index is 1.90. The van der Waals surface area contributed by atoms with Gasteiger partial charge in [0, 0.05) is 23.9 Å². The number of oxazole rings is 1. The third-order valence-electron chi connectivity index (χ3n) is 2.92. The molecule has 20 heavy (non-hydrogen) atoms. The molecule has 102 valence electrons. The van der Waals surface area contributed by atoms with E-state index in [1.165, 1.54) is 12.1 Å². The molecule has 1 heterocycles. The molecule has 0 fully saturated rings. The number of fused-ring (bicyclic) bond motifs is 1. The van der Waals surface area contributed by atoms with Crippen LogP contribution in [0.4, 0.5) is 10.1 Å². The van der Waals surface area contributed by atoms with Crippen LogP contribution in [0.15, 0.2) is 46.9 Å². The van der Waals surface area contributed by atoms with E-state index in [2.05, 4.69) is 10.3 Å². The Hall–Kier alpha value is -2.40. The van der Waals surface area contributed by atoms with Gasteiger partial charge in [-0.05, 0) is 36.4 Å². The molecule has 0 unspecified atom stereocenters. The fourth-order valence-corrected chi connectivity index (χ4v) is 1.95. The molecule has 0 spiro atoms. The number of halogens is 1. The Labute approximate surface area is 114 Å². The van der Waals surface area contributed by atoms with Crippen molar-refractivity contribution in [1.82, 2.24) is 4.98 Å². The van der Waals surface area contributed by atoms with Crippen molar-refractivity contribution in [2.45, 2.75) is 0 Å². The molecular weight excluding hydrogens is 259 g/mol. The minimum atomic E-state index is -0.344. The lowest BCUT2D eigenvalue weighted by atomic mass is 10.2. The summed E-state index contributed by atoms with van der Waals surface area (Å²) in [4.78, 5) is 4.32. The monoisotopic (exact) mass is 272 g/mol. The lowest BCUT2D eigenvalue weighted by Crippen LogP contribution is -2.04. The minimum Gasteiger partial charge on any atom is -0.436 e. The van der Waals surface area contributed by atoms with Crippen LogP contribution in [-0.4, -0.2) is 23.2 Å². The summed E-state index contributed by atoms with van der Waals surface area (Å²) in [6.45, 7) is 0.583. The molecule has 1 aromatic heterocycles. The van der Waals surface area contributed by atoms with Gasteiger partial charge in [0.05, 0.1) is 6.61 Å². The van der Waals surface area contributed by atoms with E-state index in [4.69, 9.17) is 9.52 Å². The van der Waals surface area contributed by atoms with Crippen LogP contribution >= 0.6 is 0 Å². The summed E-state index contributed by atoms with van der Waals surface area (Å²) in [6, 6.07) is 11.7. The van der Waals surface area contributed by atoms with E-state index in [0.717, 1.165) is 11.3 Å². The quantitative estimate of drug-likeness (QED) is 0.766. The second-order valence-electron chi connectivity index (χ2n) is 4.36. The van der Waals surface area contributed by atoms with Gasteiger partial charge in [0.25, 0.3) is 0 Å². The van der Waals surface area contributed by atoms with Crippen LogP contribution in [0.25, 0.3) is 22.6 Å². The van der Waals surface area contributed by atoms with E-state index in [1.54, 1.807) is 6.07 Å².